The topological polar surface area (TPSA) is 60.5 Å². The van der Waals surface area contributed by atoms with Crippen LogP contribution in [-0.4, -0.2) is 23.8 Å². The predicted molar refractivity (Wildman–Crippen MR) is 65.4 cm³/mol. The van der Waals surface area contributed by atoms with E-state index in [4.69, 9.17) is 9.47 Å². The van der Waals surface area contributed by atoms with E-state index in [1.54, 1.807) is 12.3 Å². The molecule has 0 saturated carbocycles. The van der Waals surface area contributed by atoms with E-state index in [0.717, 1.165) is 5.56 Å². The molecule has 1 rings (SSSR count). The Hall–Kier alpha value is -1.78. The number of rotatable bonds is 2. The monoisotopic (exact) mass is 238 g/mol. The molecule has 5 nitrogen and oxygen atoms in total. The molecule has 94 valence electrons. The SMILES string of the molecule is COc1cc(NC(=O)OC(C)(C)C)c(C)cn1. The molecular formula is C12H18N2O3. The van der Waals surface area contributed by atoms with Gasteiger partial charge in [0.25, 0.3) is 0 Å². The Balaban J connectivity index is 2.77. The van der Waals surface area contributed by atoms with Gasteiger partial charge in [-0.3, -0.25) is 5.32 Å². The Labute approximate surface area is 101 Å². The van der Waals surface area contributed by atoms with Crippen LogP contribution in [0.1, 0.15) is 26.3 Å². The molecular weight excluding hydrogens is 220 g/mol. The molecule has 0 spiro atoms. The zero-order chi connectivity index (χ0) is 13.1. The Morgan fingerprint density at radius 2 is 2.06 bits per heavy atom. The van der Waals surface area contributed by atoms with Crippen LogP contribution in [0, 0.1) is 6.92 Å². The molecule has 1 N–H and O–H groups in total. The van der Waals surface area contributed by atoms with Crippen molar-refractivity contribution in [2.24, 2.45) is 0 Å². The van der Waals surface area contributed by atoms with Crippen LogP contribution in [0.25, 0.3) is 0 Å². The van der Waals surface area contributed by atoms with Gasteiger partial charge in [-0.1, -0.05) is 0 Å². The lowest BCUT2D eigenvalue weighted by Gasteiger charge is -2.20. The van der Waals surface area contributed by atoms with Gasteiger partial charge in [0.2, 0.25) is 5.88 Å². The third kappa shape index (κ3) is 4.30. The molecule has 0 unspecified atom stereocenters. The standard InChI is InChI=1S/C12H18N2O3/c1-8-7-13-10(16-5)6-9(8)14-11(15)17-12(2,3)4/h6-7H,1-5H3,(H,13,14,15). The fraction of sp³-hybridized carbons (Fsp3) is 0.500. The van der Waals surface area contributed by atoms with Crippen LogP contribution in [0.15, 0.2) is 12.3 Å². The average Bonchev–Trinajstić information content (AvgIpc) is 2.18. The molecule has 1 aromatic rings. The third-order valence-corrected chi connectivity index (χ3v) is 1.92. The molecule has 0 saturated heterocycles. The highest BCUT2D eigenvalue weighted by Gasteiger charge is 2.17. The molecule has 0 aromatic carbocycles. The van der Waals surface area contributed by atoms with Crippen molar-refractivity contribution >= 4 is 11.8 Å². The molecule has 0 aliphatic heterocycles. The van der Waals surface area contributed by atoms with E-state index in [-0.39, 0.29) is 0 Å². The Kier molecular flexibility index (Phi) is 3.93. The highest BCUT2D eigenvalue weighted by atomic mass is 16.6. The first-order valence-electron chi connectivity index (χ1n) is 5.32. The number of aromatic nitrogens is 1. The molecule has 0 fully saturated rings. The molecule has 0 bridgehead atoms. The summed E-state index contributed by atoms with van der Waals surface area (Å²) >= 11 is 0. The van der Waals surface area contributed by atoms with Gasteiger partial charge in [-0.25, -0.2) is 9.78 Å². The first kappa shape index (κ1) is 13.3. The number of methoxy groups -OCH3 is 1. The molecule has 0 aliphatic rings. The summed E-state index contributed by atoms with van der Waals surface area (Å²) in [4.78, 5) is 15.6. The van der Waals surface area contributed by atoms with Gasteiger partial charge in [0.05, 0.1) is 12.8 Å². The minimum absolute atomic E-state index is 0.446. The molecule has 0 atom stereocenters. The van der Waals surface area contributed by atoms with Crippen LogP contribution in [0.5, 0.6) is 5.88 Å². The van der Waals surface area contributed by atoms with Gasteiger partial charge in [-0.15, -0.1) is 0 Å². The predicted octanol–water partition coefficient (Wildman–Crippen LogP) is 2.75. The fourth-order valence-electron chi connectivity index (χ4n) is 1.16. The Morgan fingerprint density at radius 3 is 2.59 bits per heavy atom. The zero-order valence-corrected chi connectivity index (χ0v) is 10.8. The molecule has 1 heterocycles. The number of carbonyl (C=O) groups is 1. The van der Waals surface area contributed by atoms with Crippen molar-refractivity contribution in [3.8, 4) is 5.88 Å². The highest BCUT2D eigenvalue weighted by molar-refractivity contribution is 5.86. The quantitative estimate of drug-likeness (QED) is 0.860. The fourth-order valence-corrected chi connectivity index (χ4v) is 1.16. The molecule has 0 radical (unpaired) electrons. The van der Waals surface area contributed by atoms with Crippen molar-refractivity contribution in [3.63, 3.8) is 0 Å². The van der Waals surface area contributed by atoms with Crippen LogP contribution in [0.2, 0.25) is 0 Å². The van der Waals surface area contributed by atoms with Gasteiger partial charge >= 0.3 is 6.09 Å². The number of anilines is 1. The minimum Gasteiger partial charge on any atom is -0.481 e. The van der Waals surface area contributed by atoms with Gasteiger partial charge in [0.1, 0.15) is 5.60 Å². The number of hydrogen-bond acceptors (Lipinski definition) is 4. The lowest BCUT2D eigenvalue weighted by atomic mass is 10.2. The summed E-state index contributed by atoms with van der Waals surface area (Å²) in [7, 11) is 1.52. The van der Waals surface area contributed by atoms with Gasteiger partial charge in [-0.2, -0.15) is 0 Å². The van der Waals surface area contributed by atoms with Crippen molar-refractivity contribution in [1.29, 1.82) is 0 Å². The summed E-state index contributed by atoms with van der Waals surface area (Å²) in [5.41, 5.74) is 0.956. The molecule has 5 heteroatoms. The summed E-state index contributed by atoms with van der Waals surface area (Å²) in [6, 6.07) is 1.65. The summed E-state index contributed by atoms with van der Waals surface area (Å²) < 4.78 is 10.1. The Morgan fingerprint density at radius 1 is 1.41 bits per heavy atom. The van der Waals surface area contributed by atoms with Crippen LogP contribution in [-0.2, 0) is 4.74 Å². The number of ether oxygens (including phenoxy) is 2. The largest absolute Gasteiger partial charge is 0.481 e. The lowest BCUT2D eigenvalue weighted by molar-refractivity contribution is 0.0636. The first-order valence-corrected chi connectivity index (χ1v) is 5.32. The average molecular weight is 238 g/mol. The van der Waals surface area contributed by atoms with Crippen LogP contribution < -0.4 is 10.1 Å². The van der Waals surface area contributed by atoms with Crippen LogP contribution >= 0.6 is 0 Å². The minimum atomic E-state index is -0.519. The van der Waals surface area contributed by atoms with E-state index >= 15 is 0 Å². The third-order valence-electron chi connectivity index (χ3n) is 1.92. The lowest BCUT2D eigenvalue weighted by Crippen LogP contribution is -2.27. The summed E-state index contributed by atoms with van der Waals surface area (Å²) in [5, 5.41) is 2.66. The van der Waals surface area contributed by atoms with Gasteiger partial charge < -0.3 is 9.47 Å². The van der Waals surface area contributed by atoms with E-state index in [1.807, 2.05) is 27.7 Å². The van der Waals surface area contributed by atoms with Crippen LogP contribution in [0.3, 0.4) is 0 Å². The Bertz CT molecular complexity index is 411. The second kappa shape index (κ2) is 5.03. The van der Waals surface area contributed by atoms with Crippen molar-refractivity contribution in [2.75, 3.05) is 12.4 Å². The maximum absolute atomic E-state index is 11.6. The normalized spacial score (nSPS) is 10.9. The van der Waals surface area contributed by atoms with Crippen molar-refractivity contribution in [3.05, 3.63) is 17.8 Å². The van der Waals surface area contributed by atoms with Crippen LogP contribution in [0.4, 0.5) is 10.5 Å². The van der Waals surface area contributed by atoms with E-state index in [9.17, 15) is 4.79 Å². The van der Waals surface area contributed by atoms with Gasteiger partial charge in [0, 0.05) is 12.3 Å². The molecule has 0 aliphatic carbocycles. The second-order valence-corrected chi connectivity index (χ2v) is 4.67. The smallest absolute Gasteiger partial charge is 0.412 e. The number of hydrogen-bond donors (Lipinski definition) is 1. The number of nitrogens with zero attached hydrogens (tertiary/aromatic N) is 1. The number of amides is 1. The molecule has 17 heavy (non-hydrogen) atoms. The number of aryl methyl sites for hydroxylation is 1. The second-order valence-electron chi connectivity index (χ2n) is 4.67. The van der Waals surface area contributed by atoms with E-state index in [1.165, 1.54) is 7.11 Å². The van der Waals surface area contributed by atoms with Crippen molar-refractivity contribution < 1.29 is 14.3 Å². The number of carbonyl (C=O) groups excluding carboxylic acids is 1. The summed E-state index contributed by atoms with van der Waals surface area (Å²) in [6.07, 6.45) is 1.14. The van der Waals surface area contributed by atoms with Crippen molar-refractivity contribution in [2.45, 2.75) is 33.3 Å². The molecule has 1 amide bonds. The van der Waals surface area contributed by atoms with E-state index in [0.29, 0.717) is 11.6 Å². The molecule has 1 aromatic heterocycles. The highest BCUT2D eigenvalue weighted by Crippen LogP contribution is 2.19. The van der Waals surface area contributed by atoms with E-state index in [2.05, 4.69) is 10.3 Å². The van der Waals surface area contributed by atoms with Gasteiger partial charge in [0.15, 0.2) is 0 Å². The van der Waals surface area contributed by atoms with Crippen molar-refractivity contribution in [1.82, 2.24) is 4.98 Å². The maximum atomic E-state index is 11.6. The zero-order valence-electron chi connectivity index (χ0n) is 10.8. The number of pyridine rings is 1. The van der Waals surface area contributed by atoms with E-state index < -0.39 is 11.7 Å². The first-order chi connectivity index (χ1) is 7.81. The van der Waals surface area contributed by atoms with Gasteiger partial charge in [-0.05, 0) is 33.3 Å². The summed E-state index contributed by atoms with van der Waals surface area (Å²) in [5.74, 6) is 0.446. The summed E-state index contributed by atoms with van der Waals surface area (Å²) in [6.45, 7) is 7.28. The maximum Gasteiger partial charge on any atom is 0.412 e. The number of nitrogens with one attached hydrogen (secondary N) is 1.